The summed E-state index contributed by atoms with van der Waals surface area (Å²) in [5, 5.41) is 9.33. The minimum absolute atomic E-state index is 0.0904. The SMILES string of the molecule is COC(=O)CC(O)CCC=C(C)C. The van der Waals surface area contributed by atoms with Crippen LogP contribution in [0, 0.1) is 0 Å². The van der Waals surface area contributed by atoms with Gasteiger partial charge in [-0.3, -0.25) is 4.79 Å². The number of methoxy groups -OCH3 is 1. The van der Waals surface area contributed by atoms with Gasteiger partial charge in [-0.1, -0.05) is 11.6 Å². The van der Waals surface area contributed by atoms with Gasteiger partial charge in [-0.15, -0.1) is 0 Å². The van der Waals surface area contributed by atoms with Crippen molar-refractivity contribution >= 4 is 5.97 Å². The van der Waals surface area contributed by atoms with Crippen molar-refractivity contribution in [2.45, 2.75) is 39.2 Å². The number of esters is 1. The van der Waals surface area contributed by atoms with Gasteiger partial charge in [-0.25, -0.2) is 0 Å². The third-order valence-corrected chi connectivity index (χ3v) is 1.68. The number of carbonyl (C=O) groups is 1. The molecule has 0 fully saturated rings. The van der Waals surface area contributed by atoms with Gasteiger partial charge in [0.2, 0.25) is 0 Å². The van der Waals surface area contributed by atoms with Gasteiger partial charge in [0.15, 0.2) is 0 Å². The molecule has 0 aromatic rings. The summed E-state index contributed by atoms with van der Waals surface area (Å²) in [6.07, 6.45) is 2.97. The highest BCUT2D eigenvalue weighted by Gasteiger charge is 2.09. The van der Waals surface area contributed by atoms with E-state index in [-0.39, 0.29) is 12.4 Å². The zero-order chi connectivity index (χ0) is 10.3. The molecule has 0 aliphatic heterocycles. The Morgan fingerprint density at radius 1 is 1.54 bits per heavy atom. The standard InChI is InChI=1S/C10H18O3/c1-8(2)5-4-6-9(11)7-10(12)13-3/h5,9,11H,4,6-7H2,1-3H3. The molecule has 1 unspecified atom stereocenters. The van der Waals surface area contributed by atoms with Gasteiger partial charge in [0.25, 0.3) is 0 Å². The van der Waals surface area contributed by atoms with Crippen LogP contribution in [0.5, 0.6) is 0 Å². The first-order chi connectivity index (χ1) is 6.06. The number of hydrogen-bond acceptors (Lipinski definition) is 3. The smallest absolute Gasteiger partial charge is 0.308 e. The fourth-order valence-electron chi connectivity index (χ4n) is 0.942. The maximum Gasteiger partial charge on any atom is 0.308 e. The van der Waals surface area contributed by atoms with Gasteiger partial charge >= 0.3 is 5.97 Å². The fraction of sp³-hybridized carbons (Fsp3) is 0.700. The van der Waals surface area contributed by atoms with Crippen LogP contribution < -0.4 is 0 Å². The largest absolute Gasteiger partial charge is 0.469 e. The molecule has 1 atom stereocenters. The topological polar surface area (TPSA) is 46.5 Å². The molecule has 3 heteroatoms. The predicted octanol–water partition coefficient (Wildman–Crippen LogP) is 1.66. The van der Waals surface area contributed by atoms with Crippen LogP contribution in [0.15, 0.2) is 11.6 Å². The highest BCUT2D eigenvalue weighted by molar-refractivity contribution is 5.69. The number of aliphatic hydroxyl groups excluding tert-OH is 1. The molecule has 0 heterocycles. The Hall–Kier alpha value is -0.830. The van der Waals surface area contributed by atoms with E-state index in [1.165, 1.54) is 12.7 Å². The lowest BCUT2D eigenvalue weighted by atomic mass is 10.1. The Balaban J connectivity index is 3.57. The zero-order valence-corrected chi connectivity index (χ0v) is 8.54. The molecular formula is C10H18O3. The second kappa shape index (κ2) is 6.66. The van der Waals surface area contributed by atoms with E-state index >= 15 is 0 Å². The van der Waals surface area contributed by atoms with Crippen LogP contribution in [0.2, 0.25) is 0 Å². The van der Waals surface area contributed by atoms with Crippen molar-refractivity contribution in [1.29, 1.82) is 0 Å². The molecule has 1 N–H and O–H groups in total. The third-order valence-electron chi connectivity index (χ3n) is 1.68. The number of ether oxygens (including phenoxy) is 1. The van der Waals surface area contributed by atoms with E-state index in [1.807, 2.05) is 19.9 Å². The summed E-state index contributed by atoms with van der Waals surface area (Å²) in [5.74, 6) is -0.357. The summed E-state index contributed by atoms with van der Waals surface area (Å²) in [4.78, 5) is 10.7. The van der Waals surface area contributed by atoms with Crippen molar-refractivity contribution in [3.05, 3.63) is 11.6 Å². The first-order valence-corrected chi connectivity index (χ1v) is 4.44. The van der Waals surface area contributed by atoms with E-state index in [0.29, 0.717) is 6.42 Å². The predicted molar refractivity (Wildman–Crippen MR) is 51.3 cm³/mol. The average molecular weight is 186 g/mol. The average Bonchev–Trinajstić information content (AvgIpc) is 2.03. The summed E-state index contributed by atoms with van der Waals surface area (Å²) in [5.41, 5.74) is 1.23. The Labute approximate surface area is 79.4 Å². The van der Waals surface area contributed by atoms with Crippen molar-refractivity contribution in [3.8, 4) is 0 Å². The van der Waals surface area contributed by atoms with Crippen LogP contribution in [-0.4, -0.2) is 24.3 Å². The number of carbonyl (C=O) groups excluding carboxylic acids is 1. The summed E-state index contributed by atoms with van der Waals surface area (Å²) in [7, 11) is 1.32. The summed E-state index contributed by atoms with van der Waals surface area (Å²) < 4.78 is 4.43. The normalized spacial score (nSPS) is 12.0. The highest BCUT2D eigenvalue weighted by Crippen LogP contribution is 2.05. The van der Waals surface area contributed by atoms with Crippen molar-refractivity contribution in [1.82, 2.24) is 0 Å². The molecule has 0 aliphatic carbocycles. The number of hydrogen-bond donors (Lipinski definition) is 1. The van der Waals surface area contributed by atoms with Gasteiger partial charge in [0.05, 0.1) is 19.6 Å². The lowest BCUT2D eigenvalue weighted by molar-refractivity contribution is -0.142. The van der Waals surface area contributed by atoms with Crippen LogP contribution in [-0.2, 0) is 9.53 Å². The molecule has 13 heavy (non-hydrogen) atoms. The molecule has 3 nitrogen and oxygen atoms in total. The molecule has 0 aromatic carbocycles. The maximum atomic E-state index is 10.7. The van der Waals surface area contributed by atoms with E-state index in [4.69, 9.17) is 0 Å². The minimum atomic E-state index is -0.581. The van der Waals surface area contributed by atoms with Crippen LogP contribution in [0.1, 0.15) is 33.1 Å². The summed E-state index contributed by atoms with van der Waals surface area (Å²) in [6.45, 7) is 4.01. The Morgan fingerprint density at radius 2 is 2.15 bits per heavy atom. The third kappa shape index (κ3) is 7.53. The monoisotopic (exact) mass is 186 g/mol. The van der Waals surface area contributed by atoms with Crippen molar-refractivity contribution < 1.29 is 14.6 Å². The Bertz CT molecular complexity index is 181. The Morgan fingerprint density at radius 3 is 2.62 bits per heavy atom. The van der Waals surface area contributed by atoms with Crippen molar-refractivity contribution in [3.63, 3.8) is 0 Å². The van der Waals surface area contributed by atoms with Crippen molar-refractivity contribution in [2.24, 2.45) is 0 Å². The van der Waals surface area contributed by atoms with Crippen molar-refractivity contribution in [2.75, 3.05) is 7.11 Å². The van der Waals surface area contributed by atoms with E-state index in [0.717, 1.165) is 6.42 Å². The molecule has 0 saturated carbocycles. The van der Waals surface area contributed by atoms with Crippen LogP contribution in [0.3, 0.4) is 0 Å². The molecule has 0 amide bonds. The highest BCUT2D eigenvalue weighted by atomic mass is 16.5. The molecule has 0 bridgehead atoms. The summed E-state index contributed by atoms with van der Waals surface area (Å²) >= 11 is 0. The second-order valence-corrected chi connectivity index (χ2v) is 3.29. The van der Waals surface area contributed by atoms with Gasteiger partial charge in [-0.2, -0.15) is 0 Å². The molecular weight excluding hydrogens is 168 g/mol. The van der Waals surface area contributed by atoms with E-state index in [2.05, 4.69) is 4.74 Å². The van der Waals surface area contributed by atoms with Gasteiger partial charge < -0.3 is 9.84 Å². The van der Waals surface area contributed by atoms with Crippen LogP contribution in [0.25, 0.3) is 0 Å². The van der Waals surface area contributed by atoms with Gasteiger partial charge in [0.1, 0.15) is 0 Å². The van der Waals surface area contributed by atoms with E-state index < -0.39 is 6.10 Å². The van der Waals surface area contributed by atoms with Gasteiger partial charge in [-0.05, 0) is 26.7 Å². The Kier molecular flexibility index (Phi) is 6.24. The van der Waals surface area contributed by atoms with E-state index in [9.17, 15) is 9.90 Å². The van der Waals surface area contributed by atoms with Crippen LogP contribution >= 0.6 is 0 Å². The number of allylic oxidation sites excluding steroid dienone is 2. The molecule has 0 aliphatic rings. The lowest BCUT2D eigenvalue weighted by Gasteiger charge is -2.06. The molecule has 0 saturated heterocycles. The molecule has 0 radical (unpaired) electrons. The number of aliphatic hydroxyl groups is 1. The maximum absolute atomic E-state index is 10.7. The quantitative estimate of drug-likeness (QED) is 0.524. The fourth-order valence-corrected chi connectivity index (χ4v) is 0.942. The zero-order valence-electron chi connectivity index (χ0n) is 8.54. The molecule has 0 aromatic heterocycles. The molecule has 76 valence electrons. The van der Waals surface area contributed by atoms with Crippen LogP contribution in [0.4, 0.5) is 0 Å². The lowest BCUT2D eigenvalue weighted by Crippen LogP contribution is -2.14. The summed E-state index contributed by atoms with van der Waals surface area (Å²) in [6, 6.07) is 0. The first-order valence-electron chi connectivity index (χ1n) is 4.44. The molecule has 0 spiro atoms. The van der Waals surface area contributed by atoms with Gasteiger partial charge in [0, 0.05) is 0 Å². The minimum Gasteiger partial charge on any atom is -0.469 e. The first kappa shape index (κ1) is 12.2. The molecule has 0 rings (SSSR count). The van der Waals surface area contributed by atoms with E-state index in [1.54, 1.807) is 0 Å². The number of rotatable bonds is 5. The second-order valence-electron chi connectivity index (χ2n) is 3.29.